The molecule has 2 aliphatic heterocycles. The number of aryl methyl sites for hydroxylation is 2. The summed E-state index contributed by atoms with van der Waals surface area (Å²) in [6.07, 6.45) is -4.60. The van der Waals surface area contributed by atoms with Crippen LogP contribution in [0, 0.1) is 4.78 Å². The molecule has 2 aliphatic rings. The van der Waals surface area contributed by atoms with Crippen LogP contribution in [0.25, 0.3) is 0 Å². The third-order valence-corrected chi connectivity index (χ3v) is 9.72. The van der Waals surface area contributed by atoms with Gasteiger partial charge >= 0.3 is 12.4 Å². The van der Waals surface area contributed by atoms with Crippen molar-refractivity contribution < 1.29 is 32.0 Å². The summed E-state index contributed by atoms with van der Waals surface area (Å²) in [5.74, 6) is -0.522. The van der Waals surface area contributed by atoms with E-state index in [1.807, 2.05) is 59.5 Å². The quantitative estimate of drug-likeness (QED) is 0.202. The number of hydrogen-bond donors (Lipinski definition) is 4. The number of carbonyl (C=O) groups excluding carboxylic acids is 1. The summed E-state index contributed by atoms with van der Waals surface area (Å²) in [5, 5.41) is 14.9. The van der Waals surface area contributed by atoms with E-state index in [2.05, 4.69) is 14.8 Å². The molecule has 240 valence electrons. The fraction of sp³-hybridized carbons (Fsp3) is 0.242. The fourth-order valence-electron chi connectivity index (χ4n) is 6.04. The summed E-state index contributed by atoms with van der Waals surface area (Å²) in [6.45, 7) is 0.00194. The number of alkyl halides is 3. The maximum Gasteiger partial charge on any atom is 0.573 e. The SMILES string of the molecule is N=S(=O)(NC1CN(C(=O)Nc2ccccc2)CC(N2c3ccccc3CCc3ccccc32)C1O)c1ccc(OC(F)(F)F)cc1. The van der Waals surface area contributed by atoms with Crippen molar-refractivity contribution in [1.29, 1.82) is 4.78 Å². The second-order valence-corrected chi connectivity index (χ2v) is 13.0. The van der Waals surface area contributed by atoms with Gasteiger partial charge in [0.15, 0.2) is 0 Å². The van der Waals surface area contributed by atoms with Crippen LogP contribution in [0.15, 0.2) is 108 Å². The Bertz CT molecular complexity index is 1760. The molecule has 0 bridgehead atoms. The smallest absolute Gasteiger partial charge is 0.406 e. The Morgan fingerprint density at radius 2 is 1.41 bits per heavy atom. The number of halogens is 3. The zero-order valence-electron chi connectivity index (χ0n) is 24.5. The lowest BCUT2D eigenvalue weighted by Gasteiger charge is -2.47. The van der Waals surface area contributed by atoms with Crippen molar-refractivity contribution >= 4 is 33.0 Å². The molecule has 0 saturated carbocycles. The zero-order valence-corrected chi connectivity index (χ0v) is 25.3. The number of carbonyl (C=O) groups is 1. The predicted molar refractivity (Wildman–Crippen MR) is 168 cm³/mol. The molecule has 2 amide bonds. The Morgan fingerprint density at radius 1 is 0.848 bits per heavy atom. The van der Waals surface area contributed by atoms with Gasteiger partial charge in [0.25, 0.3) is 0 Å². The van der Waals surface area contributed by atoms with Crippen molar-refractivity contribution in [2.45, 2.75) is 42.3 Å². The molecule has 4 aromatic carbocycles. The number of benzene rings is 4. The summed E-state index contributed by atoms with van der Waals surface area (Å²) in [7, 11) is -3.87. The highest BCUT2D eigenvalue weighted by atomic mass is 32.2. The average Bonchev–Trinajstić information content (AvgIpc) is 3.19. The number of nitrogens with one attached hydrogen (secondary N) is 3. The molecule has 1 fully saturated rings. The van der Waals surface area contributed by atoms with Gasteiger partial charge in [-0.25, -0.2) is 18.5 Å². The van der Waals surface area contributed by atoms with Crippen LogP contribution in [0.2, 0.25) is 0 Å². The minimum Gasteiger partial charge on any atom is -0.406 e. The van der Waals surface area contributed by atoms with Crippen LogP contribution >= 0.6 is 0 Å². The molecule has 13 heteroatoms. The van der Waals surface area contributed by atoms with E-state index in [0.29, 0.717) is 5.69 Å². The number of anilines is 3. The highest BCUT2D eigenvalue weighted by molar-refractivity contribution is 7.90. The molecule has 4 unspecified atom stereocenters. The van der Waals surface area contributed by atoms with Crippen molar-refractivity contribution in [3.63, 3.8) is 0 Å². The number of aliphatic hydroxyl groups is 1. The highest BCUT2D eigenvalue weighted by Crippen LogP contribution is 2.39. The van der Waals surface area contributed by atoms with Crippen LogP contribution in [0.4, 0.5) is 35.0 Å². The summed E-state index contributed by atoms with van der Waals surface area (Å²) in [4.78, 5) is 17.1. The molecule has 0 aromatic heterocycles. The molecule has 0 radical (unpaired) electrons. The monoisotopic (exact) mass is 651 g/mol. The van der Waals surface area contributed by atoms with Crippen molar-refractivity contribution in [1.82, 2.24) is 9.62 Å². The molecular formula is C33H32F3N5O4S. The van der Waals surface area contributed by atoms with Gasteiger partial charge in [-0.1, -0.05) is 54.6 Å². The van der Waals surface area contributed by atoms with Crippen molar-refractivity contribution in [3.8, 4) is 5.75 Å². The fourth-order valence-corrected chi connectivity index (χ4v) is 7.33. The van der Waals surface area contributed by atoms with Gasteiger partial charge in [0.2, 0.25) is 0 Å². The van der Waals surface area contributed by atoms with Gasteiger partial charge in [-0.15, -0.1) is 13.2 Å². The summed E-state index contributed by atoms with van der Waals surface area (Å²) >= 11 is 0. The number of piperidine rings is 1. The van der Waals surface area contributed by atoms with Gasteiger partial charge in [0, 0.05) is 30.2 Å². The van der Waals surface area contributed by atoms with Gasteiger partial charge < -0.3 is 25.0 Å². The molecule has 9 nitrogen and oxygen atoms in total. The first-order valence-corrected chi connectivity index (χ1v) is 16.2. The maximum atomic E-state index is 13.7. The second-order valence-electron chi connectivity index (χ2n) is 11.2. The van der Waals surface area contributed by atoms with Crippen molar-refractivity contribution in [2.75, 3.05) is 23.3 Å². The number of likely N-dealkylation sites (tertiary alicyclic amines) is 1. The first kappa shape index (κ1) is 31.4. The van der Waals surface area contributed by atoms with Gasteiger partial charge in [-0.05, 0) is 72.5 Å². The second kappa shape index (κ2) is 12.7. The maximum absolute atomic E-state index is 13.7. The zero-order chi connectivity index (χ0) is 32.5. The molecule has 46 heavy (non-hydrogen) atoms. The third kappa shape index (κ3) is 6.81. The minimum absolute atomic E-state index is 0.0986. The van der Waals surface area contributed by atoms with Crippen LogP contribution < -0.4 is 19.7 Å². The Hall–Kier alpha value is -4.59. The number of aliphatic hydroxyl groups excluding tert-OH is 1. The molecule has 1 saturated heterocycles. The average molecular weight is 652 g/mol. The van der Waals surface area contributed by atoms with E-state index in [0.717, 1.165) is 59.6 Å². The Labute approximate surface area is 264 Å². The van der Waals surface area contributed by atoms with Crippen molar-refractivity contribution in [2.24, 2.45) is 0 Å². The summed E-state index contributed by atoms with van der Waals surface area (Å²) in [6, 6.07) is 26.5. The lowest BCUT2D eigenvalue weighted by molar-refractivity contribution is -0.274. The predicted octanol–water partition coefficient (Wildman–Crippen LogP) is 6.08. The van der Waals surface area contributed by atoms with E-state index < -0.39 is 46.2 Å². The topological polar surface area (TPSA) is 118 Å². The van der Waals surface area contributed by atoms with E-state index in [9.17, 15) is 27.3 Å². The standard InChI is InChI=1S/C33H32F3N5O4S/c34-33(35,36)45-25-16-18-26(19-17-25)46(37,44)39-27-20-40(32(43)38-24-10-2-1-3-11-24)21-30(31(27)42)41-28-12-6-4-8-22(28)14-15-23-9-5-7-13-29(23)41/h1-13,16-19,27,30-31,42H,14-15,20-21H2,(H,38,43)(H2,37,39,44). The van der Waals surface area contributed by atoms with Crippen LogP contribution in [0.5, 0.6) is 5.75 Å². The Morgan fingerprint density at radius 3 is 2.00 bits per heavy atom. The highest BCUT2D eigenvalue weighted by Gasteiger charge is 2.43. The lowest BCUT2D eigenvalue weighted by Crippen LogP contribution is -2.66. The Kier molecular flexibility index (Phi) is 8.64. The number of nitrogens with zero attached hydrogens (tertiary/aromatic N) is 2. The molecule has 0 aliphatic carbocycles. The summed E-state index contributed by atoms with van der Waals surface area (Å²) in [5.41, 5.74) is 4.42. The Balaban J connectivity index is 1.36. The molecular weight excluding hydrogens is 619 g/mol. The molecule has 6 rings (SSSR count). The number of ether oxygens (including phenoxy) is 1. The first-order valence-electron chi connectivity index (χ1n) is 14.6. The molecule has 2 heterocycles. The number of rotatable bonds is 6. The van der Waals surface area contributed by atoms with Gasteiger partial charge in [-0.2, -0.15) is 0 Å². The molecule has 0 spiro atoms. The van der Waals surface area contributed by atoms with E-state index in [1.54, 1.807) is 24.3 Å². The number of amides is 2. The third-order valence-electron chi connectivity index (χ3n) is 8.15. The minimum atomic E-state index is -4.91. The number of hydrogen-bond acceptors (Lipinski definition) is 6. The molecule has 4 atom stereocenters. The largest absolute Gasteiger partial charge is 0.573 e. The van der Waals surface area contributed by atoms with E-state index in [-0.39, 0.29) is 18.0 Å². The molecule has 4 aromatic rings. The van der Waals surface area contributed by atoms with Crippen LogP contribution in [0.3, 0.4) is 0 Å². The number of para-hydroxylation sites is 3. The number of fused-ring (bicyclic) bond motifs is 2. The van der Waals surface area contributed by atoms with Gasteiger partial charge in [0.05, 0.1) is 23.1 Å². The van der Waals surface area contributed by atoms with Gasteiger partial charge in [-0.3, -0.25) is 0 Å². The van der Waals surface area contributed by atoms with E-state index >= 15 is 0 Å². The molecule has 4 N–H and O–H groups in total. The lowest BCUT2D eigenvalue weighted by atomic mass is 9.94. The van der Waals surface area contributed by atoms with Crippen molar-refractivity contribution in [3.05, 3.63) is 114 Å². The van der Waals surface area contributed by atoms with Crippen LogP contribution in [-0.4, -0.2) is 57.9 Å². The van der Waals surface area contributed by atoms with E-state index in [1.165, 1.54) is 4.90 Å². The van der Waals surface area contributed by atoms with Gasteiger partial charge in [0.1, 0.15) is 15.7 Å². The van der Waals surface area contributed by atoms with Crippen LogP contribution in [0.1, 0.15) is 11.1 Å². The first-order chi connectivity index (χ1) is 22.0. The van der Waals surface area contributed by atoms with E-state index in [4.69, 9.17) is 4.78 Å². The summed E-state index contributed by atoms with van der Waals surface area (Å²) < 4.78 is 67.1. The van der Waals surface area contributed by atoms with Crippen LogP contribution in [-0.2, 0) is 22.8 Å². The normalized spacial score (nSPS) is 20.9. The number of urea groups is 1.